The molecule has 2 bridgehead atoms. The molecule has 3 aromatic rings. The number of aromatic nitrogens is 2. The van der Waals surface area contributed by atoms with E-state index in [-0.39, 0.29) is 35.5 Å². The number of benzene rings is 2. The third-order valence-electron chi connectivity index (χ3n) is 6.64. The molecule has 30 heavy (non-hydrogen) atoms. The van der Waals surface area contributed by atoms with E-state index in [1.54, 1.807) is 25.4 Å². The number of imide groups is 1. The Morgan fingerprint density at radius 3 is 2.33 bits per heavy atom. The zero-order chi connectivity index (χ0) is 20.4. The first-order valence-electron chi connectivity index (χ1n) is 10.1. The van der Waals surface area contributed by atoms with Crippen LogP contribution in [-0.2, 0) is 9.59 Å². The van der Waals surface area contributed by atoms with Crippen molar-refractivity contribution in [2.24, 2.45) is 23.7 Å². The third kappa shape index (κ3) is 2.36. The highest BCUT2D eigenvalue weighted by Crippen LogP contribution is 2.53. The van der Waals surface area contributed by atoms with Crippen LogP contribution in [0.15, 0.2) is 60.8 Å². The molecule has 148 valence electrons. The number of methoxy groups -OCH3 is 1. The van der Waals surface area contributed by atoms with E-state index in [0.29, 0.717) is 11.5 Å². The van der Waals surface area contributed by atoms with Crippen LogP contribution < -0.4 is 9.64 Å². The summed E-state index contributed by atoms with van der Waals surface area (Å²) in [5, 5.41) is 0.930. The molecule has 0 spiro atoms. The molecule has 6 nitrogen and oxygen atoms in total. The van der Waals surface area contributed by atoms with Crippen molar-refractivity contribution >= 4 is 28.4 Å². The van der Waals surface area contributed by atoms with Crippen LogP contribution in [0.3, 0.4) is 0 Å². The van der Waals surface area contributed by atoms with E-state index < -0.39 is 0 Å². The molecule has 2 amide bonds. The van der Waals surface area contributed by atoms with Crippen molar-refractivity contribution in [1.29, 1.82) is 0 Å². The number of carbonyl (C=O) groups excluding carboxylic acids is 2. The summed E-state index contributed by atoms with van der Waals surface area (Å²) in [6.45, 7) is 0. The van der Waals surface area contributed by atoms with Gasteiger partial charge in [0.2, 0.25) is 11.8 Å². The van der Waals surface area contributed by atoms with E-state index in [9.17, 15) is 9.59 Å². The fraction of sp³-hybridized carbons (Fsp3) is 0.250. The van der Waals surface area contributed by atoms with Gasteiger partial charge in [-0.3, -0.25) is 14.5 Å². The number of carbonyl (C=O) groups is 2. The fourth-order valence-corrected chi connectivity index (χ4v) is 5.19. The molecular weight excluding hydrogens is 378 g/mol. The van der Waals surface area contributed by atoms with Crippen molar-refractivity contribution in [1.82, 2.24) is 9.97 Å². The van der Waals surface area contributed by atoms with Crippen molar-refractivity contribution in [2.45, 2.75) is 6.42 Å². The van der Waals surface area contributed by atoms with Gasteiger partial charge >= 0.3 is 0 Å². The highest BCUT2D eigenvalue weighted by atomic mass is 16.5. The molecule has 3 aliphatic rings. The molecule has 2 aromatic carbocycles. The molecule has 2 heterocycles. The molecule has 0 N–H and O–H groups in total. The molecule has 0 unspecified atom stereocenters. The van der Waals surface area contributed by atoms with Gasteiger partial charge in [-0.1, -0.05) is 12.2 Å². The monoisotopic (exact) mass is 397 g/mol. The number of allylic oxidation sites excluding steroid dienone is 2. The summed E-state index contributed by atoms with van der Waals surface area (Å²) < 4.78 is 5.28. The number of rotatable bonds is 3. The molecular formula is C24H19N3O3. The van der Waals surface area contributed by atoms with Crippen molar-refractivity contribution in [3.63, 3.8) is 0 Å². The van der Waals surface area contributed by atoms with Gasteiger partial charge in [0, 0.05) is 23.2 Å². The molecule has 1 saturated carbocycles. The second-order valence-electron chi connectivity index (χ2n) is 8.18. The average molecular weight is 397 g/mol. The van der Waals surface area contributed by atoms with Crippen LogP contribution in [0, 0.1) is 23.7 Å². The summed E-state index contributed by atoms with van der Waals surface area (Å²) in [7, 11) is 1.62. The van der Waals surface area contributed by atoms with Crippen LogP contribution in [0.1, 0.15) is 6.42 Å². The van der Waals surface area contributed by atoms with Gasteiger partial charge in [-0.2, -0.15) is 0 Å². The maximum Gasteiger partial charge on any atom is 0.238 e. The van der Waals surface area contributed by atoms with E-state index in [4.69, 9.17) is 4.74 Å². The van der Waals surface area contributed by atoms with Crippen molar-refractivity contribution in [2.75, 3.05) is 12.0 Å². The normalized spacial score (nSPS) is 26.6. The van der Waals surface area contributed by atoms with Gasteiger partial charge in [-0.05, 0) is 54.7 Å². The maximum absolute atomic E-state index is 13.0. The number of amides is 2. The Morgan fingerprint density at radius 2 is 1.67 bits per heavy atom. The second kappa shape index (κ2) is 6.23. The predicted octanol–water partition coefficient (Wildman–Crippen LogP) is 3.62. The van der Waals surface area contributed by atoms with Gasteiger partial charge in [0.15, 0.2) is 5.82 Å². The fourth-order valence-electron chi connectivity index (χ4n) is 5.19. The van der Waals surface area contributed by atoms with Crippen LogP contribution in [-0.4, -0.2) is 28.9 Å². The number of fused-ring (bicyclic) bond motifs is 6. The summed E-state index contributed by atoms with van der Waals surface area (Å²) in [5.74, 6) is 1.24. The summed E-state index contributed by atoms with van der Waals surface area (Å²) >= 11 is 0. The Bertz CT molecular complexity index is 1200. The Hall–Kier alpha value is -3.54. The summed E-state index contributed by atoms with van der Waals surface area (Å²) in [4.78, 5) is 36.4. The molecule has 2 aliphatic carbocycles. The summed E-state index contributed by atoms with van der Waals surface area (Å²) in [5.41, 5.74) is 2.23. The minimum Gasteiger partial charge on any atom is -0.497 e. The average Bonchev–Trinajstić information content (AvgIpc) is 3.47. The second-order valence-corrected chi connectivity index (χ2v) is 8.18. The number of hydrogen-bond acceptors (Lipinski definition) is 5. The lowest BCUT2D eigenvalue weighted by atomic mass is 9.85. The lowest BCUT2D eigenvalue weighted by molar-refractivity contribution is -0.123. The van der Waals surface area contributed by atoms with Gasteiger partial charge in [0.25, 0.3) is 0 Å². The van der Waals surface area contributed by atoms with E-state index in [2.05, 4.69) is 22.1 Å². The number of hydrogen-bond donors (Lipinski definition) is 0. The molecule has 6 rings (SSSR count). The van der Waals surface area contributed by atoms with Gasteiger partial charge in [0.1, 0.15) is 5.75 Å². The molecule has 4 atom stereocenters. The Morgan fingerprint density at radius 1 is 0.967 bits per heavy atom. The van der Waals surface area contributed by atoms with Gasteiger partial charge in [-0.15, -0.1) is 0 Å². The predicted molar refractivity (Wildman–Crippen MR) is 112 cm³/mol. The van der Waals surface area contributed by atoms with Gasteiger partial charge in [-0.25, -0.2) is 9.97 Å². The van der Waals surface area contributed by atoms with E-state index in [0.717, 1.165) is 28.6 Å². The molecule has 1 saturated heterocycles. The highest BCUT2D eigenvalue weighted by molar-refractivity contribution is 6.22. The van der Waals surface area contributed by atoms with Crippen molar-refractivity contribution in [3.05, 3.63) is 60.8 Å². The van der Waals surface area contributed by atoms with Crippen LogP contribution >= 0.6 is 0 Å². The van der Waals surface area contributed by atoms with Crippen LogP contribution in [0.5, 0.6) is 5.75 Å². The molecule has 1 aliphatic heterocycles. The third-order valence-corrected chi connectivity index (χ3v) is 6.64. The smallest absolute Gasteiger partial charge is 0.238 e. The molecule has 2 fully saturated rings. The number of nitrogens with zero attached hydrogens (tertiary/aromatic N) is 3. The quantitative estimate of drug-likeness (QED) is 0.499. The van der Waals surface area contributed by atoms with E-state index in [1.807, 2.05) is 30.3 Å². The molecule has 1 aromatic heterocycles. The van der Waals surface area contributed by atoms with Crippen LogP contribution in [0.4, 0.5) is 5.69 Å². The zero-order valence-corrected chi connectivity index (χ0v) is 16.4. The van der Waals surface area contributed by atoms with Crippen molar-refractivity contribution in [3.8, 4) is 17.1 Å². The molecule has 0 radical (unpaired) electrons. The Kier molecular flexibility index (Phi) is 3.60. The first kappa shape index (κ1) is 17.3. The van der Waals surface area contributed by atoms with Crippen molar-refractivity contribution < 1.29 is 14.3 Å². The first-order chi connectivity index (χ1) is 14.6. The zero-order valence-electron chi connectivity index (χ0n) is 16.4. The Labute approximate surface area is 173 Å². The maximum atomic E-state index is 13.0. The minimum absolute atomic E-state index is 0.0661. The lowest BCUT2D eigenvalue weighted by Crippen LogP contribution is -2.32. The highest BCUT2D eigenvalue weighted by Gasteiger charge is 2.59. The first-order valence-corrected chi connectivity index (χ1v) is 10.1. The topological polar surface area (TPSA) is 72.4 Å². The number of ether oxygens (including phenoxy) is 1. The largest absolute Gasteiger partial charge is 0.497 e. The summed E-state index contributed by atoms with van der Waals surface area (Å²) in [6, 6.07) is 13.0. The van der Waals surface area contributed by atoms with Crippen LogP contribution in [0.25, 0.3) is 22.3 Å². The Balaban J connectivity index is 1.31. The van der Waals surface area contributed by atoms with E-state index >= 15 is 0 Å². The van der Waals surface area contributed by atoms with Gasteiger partial charge in [0.05, 0.1) is 30.1 Å². The van der Waals surface area contributed by atoms with Crippen LogP contribution in [0.2, 0.25) is 0 Å². The minimum atomic E-state index is -0.189. The standard InChI is InChI=1S/C24H19N3O3/c1-30-18-9-6-16-12-25-22(26-19(16)11-18)13-4-7-17(8-5-13)27-23(28)20-14-2-3-15(10-14)21(20)24(27)29/h2-9,11-12,14-15,20-21H,10H2,1H3/t14-,15-,20-,21+/m0/s1. The lowest BCUT2D eigenvalue weighted by Gasteiger charge is -2.17. The summed E-state index contributed by atoms with van der Waals surface area (Å²) in [6.07, 6.45) is 6.93. The van der Waals surface area contributed by atoms with Gasteiger partial charge < -0.3 is 4.74 Å². The van der Waals surface area contributed by atoms with E-state index in [1.165, 1.54) is 4.90 Å². The number of anilines is 1. The SMILES string of the molecule is COc1ccc2cnc(-c3ccc(N4C(=O)[C@@H]5[C@H](C4=O)[C@H]4C=C[C@H]5C4)cc3)nc2c1. The molecule has 6 heteroatoms.